The van der Waals surface area contributed by atoms with E-state index in [4.69, 9.17) is 14.4 Å². The van der Waals surface area contributed by atoms with Crippen molar-refractivity contribution in [1.82, 2.24) is 15.0 Å². The maximum atomic E-state index is 5.93. The van der Waals surface area contributed by atoms with Gasteiger partial charge in [-0.2, -0.15) is 5.10 Å². The Morgan fingerprint density at radius 3 is 2.40 bits per heavy atom. The van der Waals surface area contributed by atoms with Gasteiger partial charge in [0.2, 0.25) is 0 Å². The molecule has 5 nitrogen and oxygen atoms in total. The molecule has 0 fully saturated rings. The van der Waals surface area contributed by atoms with Gasteiger partial charge in [0.1, 0.15) is 17.1 Å². The monoisotopic (exact) mass is 348 g/mol. The Hall–Kier alpha value is -2.99. The van der Waals surface area contributed by atoms with Crippen molar-refractivity contribution in [3.8, 4) is 22.0 Å². The van der Waals surface area contributed by atoms with Gasteiger partial charge in [-0.3, -0.25) is 0 Å². The molecule has 0 amide bonds. The van der Waals surface area contributed by atoms with Crippen molar-refractivity contribution in [2.45, 2.75) is 0 Å². The summed E-state index contributed by atoms with van der Waals surface area (Å²) in [5.74, 6) is 1.36. The molecule has 0 unspecified atom stereocenters. The number of hydrazone groups is 1. The number of rotatable bonds is 4. The van der Waals surface area contributed by atoms with Crippen LogP contribution in [0, 0.1) is 0 Å². The summed E-state index contributed by atoms with van der Waals surface area (Å²) in [6.45, 7) is 0. The van der Waals surface area contributed by atoms with Gasteiger partial charge in [0, 0.05) is 14.1 Å². The summed E-state index contributed by atoms with van der Waals surface area (Å²) in [5, 5.41) is 7.96. The first-order valence-electron chi connectivity index (χ1n) is 7.83. The summed E-state index contributed by atoms with van der Waals surface area (Å²) in [5.41, 5.74) is 3.29. The quantitative estimate of drug-likeness (QED) is 0.402. The third kappa shape index (κ3) is 3.16. The molecule has 0 radical (unpaired) electrons. The molecule has 4 aromatic rings. The fourth-order valence-corrected chi connectivity index (χ4v) is 3.19. The molecule has 0 aliphatic rings. The number of hydrogen-bond donors (Lipinski definition) is 0. The Morgan fingerprint density at radius 1 is 0.960 bits per heavy atom. The molecule has 3 heterocycles. The summed E-state index contributed by atoms with van der Waals surface area (Å²) in [6, 6.07) is 15.7. The van der Waals surface area contributed by atoms with E-state index in [1.54, 1.807) is 22.6 Å². The molecule has 0 spiro atoms. The van der Waals surface area contributed by atoms with E-state index in [0.717, 1.165) is 27.3 Å². The van der Waals surface area contributed by atoms with Crippen LogP contribution in [-0.4, -0.2) is 35.3 Å². The molecule has 0 bridgehead atoms. The first kappa shape index (κ1) is 15.5. The SMILES string of the molecule is CN(C)/N=C/c1ccc(-c2nc3ccccc3nc2-c2cccs2)o1. The third-order valence-electron chi connectivity index (χ3n) is 3.60. The third-order valence-corrected chi connectivity index (χ3v) is 4.48. The lowest BCUT2D eigenvalue weighted by Crippen LogP contribution is -2.01. The van der Waals surface area contributed by atoms with Crippen molar-refractivity contribution in [1.29, 1.82) is 0 Å². The number of fused-ring (bicyclic) bond motifs is 1. The van der Waals surface area contributed by atoms with Crippen molar-refractivity contribution in [3.05, 3.63) is 59.7 Å². The molecule has 1 aromatic carbocycles. The van der Waals surface area contributed by atoms with Crippen LogP contribution < -0.4 is 0 Å². The van der Waals surface area contributed by atoms with Crippen molar-refractivity contribution < 1.29 is 4.42 Å². The lowest BCUT2D eigenvalue weighted by molar-refractivity contribution is 0.438. The zero-order valence-electron chi connectivity index (χ0n) is 13.9. The Balaban J connectivity index is 1.87. The van der Waals surface area contributed by atoms with Gasteiger partial charge < -0.3 is 9.43 Å². The normalized spacial score (nSPS) is 11.4. The van der Waals surface area contributed by atoms with E-state index >= 15 is 0 Å². The minimum atomic E-state index is 0.677. The minimum absolute atomic E-state index is 0.677. The molecule has 0 N–H and O–H groups in total. The van der Waals surface area contributed by atoms with E-state index in [2.05, 4.69) is 5.10 Å². The second kappa shape index (κ2) is 6.49. The van der Waals surface area contributed by atoms with Crippen molar-refractivity contribution in [3.63, 3.8) is 0 Å². The standard InChI is InChI=1S/C19H16N4OS/c1-23(2)20-12-13-9-10-16(24-13)18-19(17-8-5-11-25-17)22-15-7-4-3-6-14(15)21-18/h3-12H,1-2H3/b20-12+. The molecule has 4 rings (SSSR count). The van der Waals surface area contributed by atoms with E-state index < -0.39 is 0 Å². The molecular formula is C19H16N4OS. The second-order valence-corrected chi connectivity index (χ2v) is 6.63. The number of para-hydroxylation sites is 2. The zero-order valence-corrected chi connectivity index (χ0v) is 14.7. The van der Waals surface area contributed by atoms with Gasteiger partial charge in [0.25, 0.3) is 0 Å². The molecule has 25 heavy (non-hydrogen) atoms. The van der Waals surface area contributed by atoms with Crippen molar-refractivity contribution in [2.24, 2.45) is 5.10 Å². The molecule has 0 atom stereocenters. The smallest absolute Gasteiger partial charge is 0.155 e. The Morgan fingerprint density at radius 2 is 1.72 bits per heavy atom. The zero-order chi connectivity index (χ0) is 17.2. The Labute approximate surface area is 149 Å². The lowest BCUT2D eigenvalue weighted by atomic mass is 10.2. The number of benzene rings is 1. The van der Waals surface area contributed by atoms with Gasteiger partial charge in [-0.15, -0.1) is 11.3 Å². The van der Waals surface area contributed by atoms with E-state index in [-0.39, 0.29) is 0 Å². The van der Waals surface area contributed by atoms with Crippen LogP contribution in [0.25, 0.3) is 33.1 Å². The highest BCUT2D eigenvalue weighted by molar-refractivity contribution is 7.13. The largest absolute Gasteiger partial charge is 0.453 e. The summed E-state index contributed by atoms with van der Waals surface area (Å²) in [7, 11) is 3.73. The summed E-state index contributed by atoms with van der Waals surface area (Å²) in [4.78, 5) is 10.7. The van der Waals surface area contributed by atoms with Gasteiger partial charge in [-0.25, -0.2) is 9.97 Å². The van der Waals surface area contributed by atoms with Gasteiger partial charge >= 0.3 is 0 Å². The number of furan rings is 1. The predicted octanol–water partition coefficient (Wildman–Crippen LogP) is 4.51. The molecule has 0 saturated carbocycles. The first-order valence-corrected chi connectivity index (χ1v) is 8.71. The fourth-order valence-electron chi connectivity index (χ4n) is 2.48. The number of aromatic nitrogens is 2. The summed E-state index contributed by atoms with van der Waals surface area (Å²) in [6.07, 6.45) is 1.68. The van der Waals surface area contributed by atoms with Crippen LogP contribution in [0.4, 0.5) is 0 Å². The molecule has 0 aliphatic heterocycles. The van der Waals surface area contributed by atoms with Gasteiger partial charge in [-0.1, -0.05) is 18.2 Å². The number of nitrogens with zero attached hydrogens (tertiary/aromatic N) is 4. The topological polar surface area (TPSA) is 54.5 Å². The molecule has 3 aromatic heterocycles. The first-order chi connectivity index (χ1) is 12.2. The highest BCUT2D eigenvalue weighted by Crippen LogP contribution is 2.34. The van der Waals surface area contributed by atoms with Crippen LogP contribution in [0.1, 0.15) is 5.76 Å². The minimum Gasteiger partial charge on any atom is -0.453 e. The fraction of sp³-hybridized carbons (Fsp3) is 0.105. The van der Waals surface area contributed by atoms with Crippen LogP contribution in [0.3, 0.4) is 0 Å². The number of thiophene rings is 1. The highest BCUT2D eigenvalue weighted by Gasteiger charge is 2.16. The maximum absolute atomic E-state index is 5.93. The van der Waals surface area contributed by atoms with Crippen molar-refractivity contribution >= 4 is 28.6 Å². The Kier molecular flexibility index (Phi) is 4.03. The molecule has 124 valence electrons. The average molecular weight is 348 g/mol. The van der Waals surface area contributed by atoms with Crippen LogP contribution >= 0.6 is 11.3 Å². The second-order valence-electron chi connectivity index (χ2n) is 5.68. The van der Waals surface area contributed by atoms with Crippen molar-refractivity contribution in [2.75, 3.05) is 14.1 Å². The predicted molar refractivity (Wildman–Crippen MR) is 102 cm³/mol. The van der Waals surface area contributed by atoms with Gasteiger partial charge in [-0.05, 0) is 35.7 Å². The summed E-state index contributed by atoms with van der Waals surface area (Å²) >= 11 is 1.64. The maximum Gasteiger partial charge on any atom is 0.155 e. The number of hydrogen-bond acceptors (Lipinski definition) is 6. The van der Waals surface area contributed by atoms with E-state index in [9.17, 15) is 0 Å². The van der Waals surface area contributed by atoms with Gasteiger partial charge in [0.15, 0.2) is 5.76 Å². The van der Waals surface area contributed by atoms with Crippen LogP contribution in [0.15, 0.2) is 63.4 Å². The van der Waals surface area contributed by atoms with Crippen LogP contribution in [0.2, 0.25) is 0 Å². The van der Waals surface area contributed by atoms with Crippen LogP contribution in [0.5, 0.6) is 0 Å². The molecule has 0 aliphatic carbocycles. The summed E-state index contributed by atoms with van der Waals surface area (Å²) < 4.78 is 5.93. The molecule has 0 saturated heterocycles. The Bertz CT molecular complexity index is 1030. The van der Waals surface area contributed by atoms with E-state index in [0.29, 0.717) is 11.5 Å². The molecular weight excluding hydrogens is 332 g/mol. The van der Waals surface area contributed by atoms with E-state index in [1.165, 1.54) is 0 Å². The van der Waals surface area contributed by atoms with Gasteiger partial charge in [0.05, 0.1) is 22.1 Å². The average Bonchev–Trinajstić information content (AvgIpc) is 3.30. The molecule has 6 heteroatoms. The van der Waals surface area contributed by atoms with Crippen LogP contribution in [-0.2, 0) is 0 Å². The highest BCUT2D eigenvalue weighted by atomic mass is 32.1. The van der Waals surface area contributed by atoms with E-state index in [1.807, 2.05) is 68.0 Å². The lowest BCUT2D eigenvalue weighted by Gasteiger charge is -2.06.